The number of rotatable bonds is 3. The van der Waals surface area contributed by atoms with Gasteiger partial charge in [-0.15, -0.1) is 0 Å². The minimum atomic E-state index is -0.283. The molecule has 0 spiro atoms. The quantitative estimate of drug-likeness (QED) is 0.752. The molecule has 0 radical (unpaired) electrons. The van der Waals surface area contributed by atoms with Gasteiger partial charge >= 0.3 is 0 Å². The molecular weight excluding hydrogens is 322 g/mol. The van der Waals surface area contributed by atoms with Crippen molar-refractivity contribution in [1.82, 2.24) is 5.16 Å². The lowest BCUT2D eigenvalue weighted by Gasteiger charge is -2.19. The zero-order valence-electron chi connectivity index (χ0n) is 13.0. The molecule has 0 aliphatic heterocycles. The third-order valence-electron chi connectivity index (χ3n) is 4.38. The number of anilines is 2. The molecule has 0 atom stereocenters. The summed E-state index contributed by atoms with van der Waals surface area (Å²) >= 11 is 1.53. The lowest BCUT2D eigenvalue weighted by atomic mass is 9.90. The first kappa shape index (κ1) is 15.0. The Morgan fingerprint density at radius 1 is 1.25 bits per heavy atom. The third kappa shape index (κ3) is 2.59. The molecule has 2 heterocycles. The Morgan fingerprint density at radius 3 is 2.96 bits per heavy atom. The maximum absolute atomic E-state index is 12.8. The minimum absolute atomic E-state index is 0.0403. The molecular formula is C18H17N3O2S. The van der Waals surface area contributed by atoms with Gasteiger partial charge in [-0.2, -0.15) is 11.3 Å². The van der Waals surface area contributed by atoms with Gasteiger partial charge in [-0.1, -0.05) is 17.3 Å². The molecule has 5 nitrogen and oxygen atoms in total. The molecule has 1 amide bonds. The average molecular weight is 339 g/mol. The molecule has 3 N–H and O–H groups in total. The van der Waals surface area contributed by atoms with Crippen LogP contribution >= 0.6 is 11.3 Å². The van der Waals surface area contributed by atoms with Crippen LogP contribution in [-0.4, -0.2) is 11.1 Å². The summed E-state index contributed by atoms with van der Waals surface area (Å²) in [7, 11) is 0. The van der Waals surface area contributed by atoms with Crippen LogP contribution in [0.15, 0.2) is 39.5 Å². The van der Waals surface area contributed by atoms with Crippen molar-refractivity contribution < 1.29 is 9.32 Å². The van der Waals surface area contributed by atoms with Crippen molar-refractivity contribution in [2.45, 2.75) is 25.7 Å². The third-order valence-corrected chi connectivity index (χ3v) is 5.07. The Labute approximate surface area is 143 Å². The number of carbonyl (C=O) groups is 1. The van der Waals surface area contributed by atoms with Crippen LogP contribution in [0.25, 0.3) is 11.3 Å². The fourth-order valence-corrected chi connectivity index (χ4v) is 3.84. The molecule has 1 aromatic carbocycles. The summed E-state index contributed by atoms with van der Waals surface area (Å²) in [6, 6.07) is 7.95. The van der Waals surface area contributed by atoms with E-state index in [2.05, 4.69) is 16.5 Å². The van der Waals surface area contributed by atoms with Crippen molar-refractivity contribution in [1.29, 1.82) is 0 Å². The number of fused-ring (bicyclic) bond motifs is 1. The molecule has 24 heavy (non-hydrogen) atoms. The second kappa shape index (κ2) is 6.13. The number of hydrogen-bond acceptors (Lipinski definition) is 5. The van der Waals surface area contributed by atoms with Gasteiger partial charge in [0, 0.05) is 16.6 Å². The van der Waals surface area contributed by atoms with Crippen LogP contribution < -0.4 is 11.1 Å². The molecule has 0 saturated heterocycles. The van der Waals surface area contributed by atoms with E-state index in [1.165, 1.54) is 28.9 Å². The van der Waals surface area contributed by atoms with E-state index in [-0.39, 0.29) is 11.8 Å². The van der Waals surface area contributed by atoms with Gasteiger partial charge in [0.25, 0.3) is 5.91 Å². The molecule has 0 fully saturated rings. The predicted molar refractivity (Wildman–Crippen MR) is 95.3 cm³/mol. The molecule has 0 unspecified atom stereocenters. The number of benzene rings is 1. The number of carbonyl (C=O) groups excluding carboxylic acids is 1. The first-order valence-corrected chi connectivity index (χ1v) is 8.88. The highest BCUT2D eigenvalue weighted by Crippen LogP contribution is 2.31. The van der Waals surface area contributed by atoms with Crippen molar-refractivity contribution >= 4 is 28.8 Å². The Kier molecular flexibility index (Phi) is 3.82. The van der Waals surface area contributed by atoms with Gasteiger partial charge in [0.2, 0.25) is 5.88 Å². The molecule has 122 valence electrons. The van der Waals surface area contributed by atoms with Gasteiger partial charge in [0.15, 0.2) is 0 Å². The summed E-state index contributed by atoms with van der Waals surface area (Å²) in [5.74, 6) is -0.243. The monoisotopic (exact) mass is 339 g/mol. The molecule has 1 aliphatic carbocycles. The fraction of sp³-hybridized carbons (Fsp3) is 0.222. The maximum Gasteiger partial charge on any atom is 0.263 e. The van der Waals surface area contributed by atoms with Crippen molar-refractivity contribution in [2.24, 2.45) is 0 Å². The van der Waals surface area contributed by atoms with Crippen LogP contribution in [-0.2, 0) is 12.8 Å². The highest BCUT2D eigenvalue weighted by molar-refractivity contribution is 7.08. The zero-order valence-corrected chi connectivity index (χ0v) is 13.9. The summed E-state index contributed by atoms with van der Waals surface area (Å²) in [5.41, 5.74) is 10.9. The molecule has 4 rings (SSSR count). The SMILES string of the molecule is Nc1onc(-c2ccsc2)c1C(=O)Nc1cccc2c1CCCC2. The van der Waals surface area contributed by atoms with Gasteiger partial charge in [0.05, 0.1) is 0 Å². The van der Waals surface area contributed by atoms with Crippen molar-refractivity contribution in [3.8, 4) is 11.3 Å². The summed E-state index contributed by atoms with van der Waals surface area (Å²) in [5, 5.41) is 10.8. The molecule has 1 aliphatic rings. The van der Waals surface area contributed by atoms with E-state index < -0.39 is 0 Å². The topological polar surface area (TPSA) is 81.2 Å². The highest BCUT2D eigenvalue weighted by Gasteiger charge is 2.24. The number of aromatic nitrogens is 1. The van der Waals surface area contributed by atoms with E-state index in [4.69, 9.17) is 10.3 Å². The van der Waals surface area contributed by atoms with Crippen LogP contribution in [0.3, 0.4) is 0 Å². The van der Waals surface area contributed by atoms with E-state index in [1.54, 1.807) is 0 Å². The van der Waals surface area contributed by atoms with Crippen LogP contribution in [0.2, 0.25) is 0 Å². The standard InChI is InChI=1S/C18H17N3O2S/c19-17-15(16(21-23-17)12-8-9-24-10-12)18(22)20-14-7-3-5-11-4-1-2-6-13(11)14/h3,5,7-10H,1-2,4,6,19H2,(H,20,22). The Balaban J connectivity index is 1.68. The van der Waals surface area contributed by atoms with E-state index in [0.717, 1.165) is 30.5 Å². The number of amides is 1. The molecule has 3 aromatic rings. The number of hydrogen-bond donors (Lipinski definition) is 2. The van der Waals surface area contributed by atoms with E-state index in [1.807, 2.05) is 29.0 Å². The van der Waals surface area contributed by atoms with Crippen molar-refractivity contribution in [3.63, 3.8) is 0 Å². The fourth-order valence-electron chi connectivity index (χ4n) is 3.20. The largest absolute Gasteiger partial charge is 0.367 e. The molecule has 6 heteroatoms. The number of nitrogens with one attached hydrogen (secondary N) is 1. The lowest BCUT2D eigenvalue weighted by Crippen LogP contribution is -2.16. The first-order valence-electron chi connectivity index (χ1n) is 7.94. The smallest absolute Gasteiger partial charge is 0.263 e. The molecule has 2 aromatic heterocycles. The summed E-state index contributed by atoms with van der Waals surface area (Å²) < 4.78 is 5.06. The van der Waals surface area contributed by atoms with Crippen LogP contribution in [0.5, 0.6) is 0 Å². The van der Waals surface area contributed by atoms with Crippen LogP contribution in [0.4, 0.5) is 11.6 Å². The number of aryl methyl sites for hydroxylation is 1. The Bertz CT molecular complexity index is 884. The van der Waals surface area contributed by atoms with E-state index in [0.29, 0.717) is 11.3 Å². The van der Waals surface area contributed by atoms with Crippen molar-refractivity contribution in [3.05, 3.63) is 51.7 Å². The lowest BCUT2D eigenvalue weighted by molar-refractivity contribution is 0.102. The van der Waals surface area contributed by atoms with Gasteiger partial charge in [0.1, 0.15) is 11.3 Å². The van der Waals surface area contributed by atoms with Gasteiger partial charge in [-0.05, 0) is 54.3 Å². The van der Waals surface area contributed by atoms with Crippen molar-refractivity contribution in [2.75, 3.05) is 11.1 Å². The zero-order chi connectivity index (χ0) is 16.5. The van der Waals surface area contributed by atoms with Gasteiger partial charge < -0.3 is 15.6 Å². The number of nitrogens with two attached hydrogens (primary N) is 1. The average Bonchev–Trinajstić information content (AvgIpc) is 3.24. The van der Waals surface area contributed by atoms with E-state index in [9.17, 15) is 4.79 Å². The summed E-state index contributed by atoms with van der Waals surface area (Å²) in [6.45, 7) is 0. The Morgan fingerprint density at radius 2 is 2.12 bits per heavy atom. The summed E-state index contributed by atoms with van der Waals surface area (Å²) in [6.07, 6.45) is 4.40. The second-order valence-electron chi connectivity index (χ2n) is 5.89. The van der Waals surface area contributed by atoms with Crippen LogP contribution in [0.1, 0.15) is 34.3 Å². The van der Waals surface area contributed by atoms with Gasteiger partial charge in [-0.3, -0.25) is 4.79 Å². The maximum atomic E-state index is 12.8. The van der Waals surface area contributed by atoms with Crippen LogP contribution in [0, 0.1) is 0 Å². The normalized spacial score (nSPS) is 13.5. The molecule has 0 bridgehead atoms. The number of nitrogen functional groups attached to an aromatic ring is 1. The van der Waals surface area contributed by atoms with E-state index >= 15 is 0 Å². The minimum Gasteiger partial charge on any atom is -0.367 e. The Hall–Kier alpha value is -2.60. The predicted octanol–water partition coefficient (Wildman–Crippen LogP) is 4.12. The summed E-state index contributed by atoms with van der Waals surface area (Å²) in [4.78, 5) is 12.8. The number of nitrogens with zero attached hydrogens (tertiary/aromatic N) is 1. The van der Waals surface area contributed by atoms with Gasteiger partial charge in [-0.25, -0.2) is 0 Å². The molecule has 0 saturated carbocycles. The number of thiophene rings is 1. The highest BCUT2D eigenvalue weighted by atomic mass is 32.1. The second-order valence-corrected chi connectivity index (χ2v) is 6.67. The first-order chi connectivity index (χ1) is 11.7.